The fraction of sp³-hybridized carbons (Fsp3) is 0.467. The van der Waals surface area contributed by atoms with Crippen molar-refractivity contribution < 1.29 is 0 Å². The van der Waals surface area contributed by atoms with Crippen LogP contribution >= 0.6 is 11.6 Å². The van der Waals surface area contributed by atoms with E-state index < -0.39 is 0 Å². The van der Waals surface area contributed by atoms with E-state index in [1.807, 2.05) is 18.2 Å². The largest absolute Gasteiger partial charge is 0.383 e. The Balaban J connectivity index is 1.72. The number of aromatic nitrogens is 3. The molecule has 1 aliphatic heterocycles. The summed E-state index contributed by atoms with van der Waals surface area (Å²) in [6.45, 7) is 3.32. The van der Waals surface area contributed by atoms with E-state index in [0.29, 0.717) is 10.9 Å². The molecule has 2 heterocycles. The molecule has 0 saturated carbocycles. The molecule has 112 valence electrons. The number of hydrogen-bond acceptors (Lipinski definition) is 4. The molecule has 3 rings (SSSR count). The fourth-order valence-electron chi connectivity index (χ4n) is 2.74. The number of anilines is 1. The second-order valence-electron chi connectivity index (χ2n) is 5.60. The molecule has 1 N–H and O–H groups in total. The van der Waals surface area contributed by atoms with E-state index in [0.717, 1.165) is 17.9 Å². The third kappa shape index (κ3) is 3.36. The highest BCUT2D eigenvalue weighted by atomic mass is 35.5. The van der Waals surface area contributed by atoms with Gasteiger partial charge in [-0.2, -0.15) is 5.10 Å². The molecule has 0 aliphatic carbocycles. The zero-order valence-electron chi connectivity index (χ0n) is 12.2. The zero-order valence-corrected chi connectivity index (χ0v) is 12.9. The van der Waals surface area contributed by atoms with Crippen LogP contribution in [0, 0.1) is 5.92 Å². The van der Waals surface area contributed by atoms with E-state index >= 15 is 0 Å². The van der Waals surface area contributed by atoms with Crippen LogP contribution in [0.1, 0.15) is 12.8 Å². The molecule has 1 aliphatic rings. The Bertz CT molecular complexity index is 576. The Morgan fingerprint density at radius 1 is 1.33 bits per heavy atom. The van der Waals surface area contributed by atoms with Crippen LogP contribution in [0.25, 0.3) is 5.69 Å². The Morgan fingerprint density at radius 2 is 2.14 bits per heavy atom. The summed E-state index contributed by atoms with van der Waals surface area (Å²) in [6.07, 6.45) is 5.66. The molecule has 1 saturated heterocycles. The number of likely N-dealkylation sites (tertiary alicyclic amines) is 1. The topological polar surface area (TPSA) is 46.0 Å². The van der Waals surface area contributed by atoms with Crippen molar-refractivity contribution in [1.29, 1.82) is 0 Å². The number of para-hydroxylation sites is 1. The zero-order chi connectivity index (χ0) is 14.7. The van der Waals surface area contributed by atoms with Crippen molar-refractivity contribution in [2.45, 2.75) is 12.8 Å². The predicted molar refractivity (Wildman–Crippen MR) is 85.1 cm³/mol. The first-order chi connectivity index (χ1) is 10.2. The normalized spacial score (nSPS) is 17.0. The van der Waals surface area contributed by atoms with Gasteiger partial charge in [0.05, 0.1) is 10.7 Å². The van der Waals surface area contributed by atoms with Gasteiger partial charge >= 0.3 is 0 Å². The van der Waals surface area contributed by atoms with Crippen molar-refractivity contribution in [3.8, 4) is 5.69 Å². The molecule has 0 amide bonds. The summed E-state index contributed by atoms with van der Waals surface area (Å²) in [4.78, 5) is 6.38. The first-order valence-corrected chi connectivity index (χ1v) is 7.68. The molecular formula is C15H20ClN5. The van der Waals surface area contributed by atoms with E-state index in [1.54, 1.807) is 11.0 Å². The van der Waals surface area contributed by atoms with Gasteiger partial charge in [0.2, 0.25) is 0 Å². The van der Waals surface area contributed by atoms with E-state index in [2.05, 4.69) is 27.3 Å². The smallest absolute Gasteiger partial charge is 0.138 e. The maximum absolute atomic E-state index is 6.33. The third-order valence-electron chi connectivity index (χ3n) is 4.05. The molecular weight excluding hydrogens is 286 g/mol. The van der Waals surface area contributed by atoms with Crippen LogP contribution in [0.2, 0.25) is 5.02 Å². The number of halogens is 1. The molecule has 21 heavy (non-hydrogen) atoms. The fourth-order valence-corrected chi connectivity index (χ4v) is 3.00. The highest BCUT2D eigenvalue weighted by molar-refractivity contribution is 6.33. The molecule has 0 atom stereocenters. The third-order valence-corrected chi connectivity index (χ3v) is 4.36. The van der Waals surface area contributed by atoms with Crippen molar-refractivity contribution in [2.75, 3.05) is 32.0 Å². The maximum atomic E-state index is 6.33. The van der Waals surface area contributed by atoms with Gasteiger partial charge in [0.15, 0.2) is 0 Å². The number of nitrogens with zero attached hydrogens (tertiary/aromatic N) is 4. The van der Waals surface area contributed by atoms with Crippen molar-refractivity contribution >= 4 is 17.3 Å². The highest BCUT2D eigenvalue weighted by Crippen LogP contribution is 2.28. The van der Waals surface area contributed by atoms with Crippen molar-refractivity contribution in [3.63, 3.8) is 0 Å². The van der Waals surface area contributed by atoms with Gasteiger partial charge in [-0.05, 0) is 51.0 Å². The molecule has 0 bridgehead atoms. The number of nitrogens with one attached hydrogen (secondary N) is 1. The van der Waals surface area contributed by atoms with E-state index in [-0.39, 0.29) is 0 Å². The van der Waals surface area contributed by atoms with E-state index in [4.69, 9.17) is 11.6 Å². The van der Waals surface area contributed by atoms with Gasteiger partial charge in [0.25, 0.3) is 0 Å². The SMILES string of the molecule is CN1CCC(CNc2cccc(Cl)c2-n2cncn2)CC1. The number of rotatable bonds is 4. The lowest BCUT2D eigenvalue weighted by Crippen LogP contribution is -2.33. The first kappa shape index (κ1) is 14.4. The minimum absolute atomic E-state index is 0.675. The number of hydrogen-bond donors (Lipinski definition) is 1. The van der Waals surface area contributed by atoms with Crippen LogP contribution in [0.15, 0.2) is 30.9 Å². The van der Waals surface area contributed by atoms with Gasteiger partial charge in [0.1, 0.15) is 18.3 Å². The van der Waals surface area contributed by atoms with Gasteiger partial charge < -0.3 is 10.2 Å². The Labute approximate surface area is 129 Å². The van der Waals surface area contributed by atoms with E-state index in [1.165, 1.54) is 32.3 Å². The summed E-state index contributed by atoms with van der Waals surface area (Å²) in [6, 6.07) is 5.87. The standard InChI is InChI=1S/C15H20ClN5/c1-20-7-5-12(6-8-20)9-18-14-4-2-3-13(16)15(14)21-11-17-10-19-21/h2-4,10-12,18H,5-9H2,1H3. The highest BCUT2D eigenvalue weighted by Gasteiger charge is 2.17. The summed E-state index contributed by atoms with van der Waals surface area (Å²) in [5.74, 6) is 0.712. The van der Waals surface area contributed by atoms with Crippen LogP contribution in [0.4, 0.5) is 5.69 Å². The predicted octanol–water partition coefficient (Wildman–Crippen LogP) is 2.67. The number of piperidine rings is 1. The van der Waals surface area contributed by atoms with Crippen molar-refractivity contribution in [2.24, 2.45) is 5.92 Å². The van der Waals surface area contributed by atoms with Crippen LogP contribution < -0.4 is 5.32 Å². The molecule has 0 unspecified atom stereocenters. The van der Waals surface area contributed by atoms with Gasteiger partial charge in [-0.3, -0.25) is 0 Å². The second kappa shape index (κ2) is 6.45. The first-order valence-electron chi connectivity index (χ1n) is 7.30. The van der Waals surface area contributed by atoms with Crippen LogP contribution in [0.5, 0.6) is 0 Å². The summed E-state index contributed by atoms with van der Waals surface area (Å²) >= 11 is 6.33. The molecule has 2 aromatic rings. The summed E-state index contributed by atoms with van der Waals surface area (Å²) < 4.78 is 1.71. The maximum Gasteiger partial charge on any atom is 0.138 e. The number of benzene rings is 1. The lowest BCUT2D eigenvalue weighted by atomic mass is 9.97. The summed E-state index contributed by atoms with van der Waals surface area (Å²) in [5.41, 5.74) is 1.87. The van der Waals surface area contributed by atoms with Gasteiger partial charge in [-0.15, -0.1) is 0 Å². The Hall–Kier alpha value is -1.59. The van der Waals surface area contributed by atoms with Gasteiger partial charge in [-0.1, -0.05) is 17.7 Å². The lowest BCUT2D eigenvalue weighted by molar-refractivity contribution is 0.226. The minimum atomic E-state index is 0.675. The molecule has 1 aromatic carbocycles. The average Bonchev–Trinajstić information content (AvgIpc) is 3.00. The van der Waals surface area contributed by atoms with Gasteiger partial charge in [0, 0.05) is 6.54 Å². The quantitative estimate of drug-likeness (QED) is 0.943. The molecule has 0 spiro atoms. The van der Waals surface area contributed by atoms with Crippen molar-refractivity contribution in [3.05, 3.63) is 35.9 Å². The molecule has 1 fully saturated rings. The summed E-state index contributed by atoms with van der Waals surface area (Å²) in [5, 5.41) is 8.40. The average molecular weight is 306 g/mol. The molecule has 0 radical (unpaired) electrons. The Morgan fingerprint density at radius 3 is 2.86 bits per heavy atom. The molecule has 1 aromatic heterocycles. The second-order valence-corrected chi connectivity index (χ2v) is 6.01. The molecule has 5 nitrogen and oxygen atoms in total. The van der Waals surface area contributed by atoms with Crippen LogP contribution in [0.3, 0.4) is 0 Å². The Kier molecular flexibility index (Phi) is 4.41. The summed E-state index contributed by atoms with van der Waals surface area (Å²) in [7, 11) is 2.18. The van der Waals surface area contributed by atoms with Crippen molar-refractivity contribution in [1.82, 2.24) is 19.7 Å². The van der Waals surface area contributed by atoms with E-state index in [9.17, 15) is 0 Å². The minimum Gasteiger partial charge on any atom is -0.383 e. The monoisotopic (exact) mass is 305 g/mol. The van der Waals surface area contributed by atoms with Crippen LogP contribution in [-0.2, 0) is 0 Å². The molecule has 6 heteroatoms. The lowest BCUT2D eigenvalue weighted by Gasteiger charge is -2.29. The van der Waals surface area contributed by atoms with Gasteiger partial charge in [-0.25, -0.2) is 9.67 Å². The van der Waals surface area contributed by atoms with Crippen LogP contribution in [-0.4, -0.2) is 46.3 Å².